The van der Waals surface area contributed by atoms with Crippen LogP contribution in [0.3, 0.4) is 0 Å². The summed E-state index contributed by atoms with van der Waals surface area (Å²) in [5, 5.41) is 5.96. The van der Waals surface area contributed by atoms with Crippen LogP contribution in [0.1, 0.15) is 68.6 Å². The second-order valence-corrected chi connectivity index (χ2v) is 12.8. The first kappa shape index (κ1) is 29.3. The van der Waals surface area contributed by atoms with E-state index in [2.05, 4.69) is 34.3 Å². The first-order valence-corrected chi connectivity index (χ1v) is 15.7. The van der Waals surface area contributed by atoms with Gasteiger partial charge in [0, 0.05) is 47.8 Å². The van der Waals surface area contributed by atoms with Gasteiger partial charge in [0.2, 0.25) is 5.95 Å². The van der Waals surface area contributed by atoms with E-state index in [-0.39, 0.29) is 12.1 Å². The Balaban J connectivity index is 1.20. The first-order chi connectivity index (χ1) is 20.8. The number of amides is 2. The SMILES string of the molecule is Cc1cc(C)nc(N2CCc3c(nc(-c4ccc(NC(=O)NCCCC5(C)CCC5)cc4)nc3N3CCOCC3C)C2)n1. The molecular weight excluding hydrogens is 540 g/mol. The third-order valence-corrected chi connectivity index (χ3v) is 9.14. The molecule has 10 nitrogen and oxygen atoms in total. The molecule has 2 N–H and O–H groups in total. The number of urea groups is 1. The molecule has 3 aliphatic rings. The molecule has 10 heteroatoms. The molecule has 43 heavy (non-hydrogen) atoms. The zero-order valence-corrected chi connectivity index (χ0v) is 25.9. The molecule has 1 saturated carbocycles. The van der Waals surface area contributed by atoms with E-state index in [4.69, 9.17) is 24.7 Å². The zero-order chi connectivity index (χ0) is 30.0. The number of nitrogens with one attached hydrogen (secondary N) is 2. The highest BCUT2D eigenvalue weighted by atomic mass is 16.5. The predicted octanol–water partition coefficient (Wildman–Crippen LogP) is 5.43. The molecule has 6 rings (SSSR count). The number of carbonyl (C=O) groups is 1. The number of ether oxygens (including phenoxy) is 1. The number of aryl methyl sites for hydroxylation is 2. The van der Waals surface area contributed by atoms with Gasteiger partial charge in [0.25, 0.3) is 0 Å². The third-order valence-electron chi connectivity index (χ3n) is 9.14. The third kappa shape index (κ3) is 6.74. The van der Waals surface area contributed by atoms with Gasteiger partial charge in [-0.15, -0.1) is 0 Å². The summed E-state index contributed by atoms with van der Waals surface area (Å²) < 4.78 is 5.74. The Morgan fingerprint density at radius 2 is 1.84 bits per heavy atom. The van der Waals surface area contributed by atoms with Gasteiger partial charge in [0.1, 0.15) is 5.82 Å². The molecule has 228 valence electrons. The van der Waals surface area contributed by atoms with Crippen LogP contribution in [0.5, 0.6) is 0 Å². The van der Waals surface area contributed by atoms with Crippen LogP contribution < -0.4 is 20.4 Å². The highest BCUT2D eigenvalue weighted by molar-refractivity contribution is 5.89. The fourth-order valence-electron chi connectivity index (χ4n) is 6.46. The topological polar surface area (TPSA) is 108 Å². The number of rotatable bonds is 8. The molecule has 1 saturated heterocycles. The maximum atomic E-state index is 12.5. The van der Waals surface area contributed by atoms with Crippen LogP contribution in [-0.4, -0.2) is 64.9 Å². The van der Waals surface area contributed by atoms with Gasteiger partial charge in [-0.2, -0.15) is 0 Å². The van der Waals surface area contributed by atoms with E-state index in [9.17, 15) is 4.79 Å². The summed E-state index contributed by atoms with van der Waals surface area (Å²) in [6.45, 7) is 12.8. The van der Waals surface area contributed by atoms with Crippen molar-refractivity contribution in [1.29, 1.82) is 0 Å². The van der Waals surface area contributed by atoms with Crippen LogP contribution in [0, 0.1) is 19.3 Å². The molecule has 2 fully saturated rings. The van der Waals surface area contributed by atoms with Crippen LogP contribution in [0.4, 0.5) is 22.2 Å². The number of hydrogen-bond donors (Lipinski definition) is 2. The molecule has 0 radical (unpaired) electrons. The van der Waals surface area contributed by atoms with Gasteiger partial charge >= 0.3 is 6.03 Å². The van der Waals surface area contributed by atoms with Crippen molar-refractivity contribution in [1.82, 2.24) is 25.3 Å². The minimum Gasteiger partial charge on any atom is -0.377 e. The van der Waals surface area contributed by atoms with Crippen LogP contribution in [0.25, 0.3) is 11.4 Å². The standard InChI is InChI=1S/C33H44N8O2/c1-22-19-23(2)36-31(35-22)40-16-11-27-28(20-40)38-29(39-30(27)41-17-18-43-21-24(41)3)25-7-9-26(10-8-25)37-32(42)34-15-6-14-33(4)12-5-13-33/h7-10,19,24H,5-6,11-18,20-21H2,1-4H3,(H2,34,37,42). The molecule has 0 spiro atoms. The first-order valence-electron chi connectivity index (χ1n) is 15.7. The van der Waals surface area contributed by atoms with Crippen molar-refractivity contribution >= 4 is 23.5 Å². The molecule has 2 aliphatic heterocycles. The number of carbonyl (C=O) groups excluding carboxylic acids is 1. The van der Waals surface area contributed by atoms with Gasteiger partial charge in [-0.1, -0.05) is 13.3 Å². The van der Waals surface area contributed by atoms with Gasteiger partial charge < -0.3 is 25.2 Å². The van der Waals surface area contributed by atoms with E-state index in [1.165, 1.54) is 31.2 Å². The number of benzene rings is 1. The largest absolute Gasteiger partial charge is 0.377 e. The molecule has 2 amide bonds. The fourth-order valence-corrected chi connectivity index (χ4v) is 6.46. The number of nitrogens with zero attached hydrogens (tertiary/aromatic N) is 6. The fraction of sp³-hybridized carbons (Fsp3) is 0.545. The molecule has 3 aromatic rings. The van der Waals surface area contributed by atoms with Crippen LogP contribution in [0.15, 0.2) is 30.3 Å². The summed E-state index contributed by atoms with van der Waals surface area (Å²) in [4.78, 5) is 36.7. The average molecular weight is 585 g/mol. The summed E-state index contributed by atoms with van der Waals surface area (Å²) in [5.41, 5.74) is 6.26. The molecule has 4 heterocycles. The van der Waals surface area contributed by atoms with E-state index in [0.717, 1.165) is 66.0 Å². The quantitative estimate of drug-likeness (QED) is 0.338. The molecule has 1 aliphatic carbocycles. The van der Waals surface area contributed by atoms with Crippen molar-refractivity contribution in [3.05, 3.63) is 53.0 Å². The second-order valence-electron chi connectivity index (χ2n) is 12.8. The van der Waals surface area contributed by atoms with E-state index in [0.29, 0.717) is 37.5 Å². The van der Waals surface area contributed by atoms with Crippen molar-refractivity contribution in [2.75, 3.05) is 48.0 Å². The molecule has 1 atom stereocenters. The van der Waals surface area contributed by atoms with Gasteiger partial charge in [-0.25, -0.2) is 24.7 Å². The number of anilines is 3. The maximum absolute atomic E-state index is 12.5. The van der Waals surface area contributed by atoms with Crippen molar-refractivity contribution in [3.63, 3.8) is 0 Å². The van der Waals surface area contributed by atoms with Gasteiger partial charge in [0.15, 0.2) is 5.82 Å². The second kappa shape index (κ2) is 12.4. The lowest BCUT2D eigenvalue weighted by atomic mass is 9.68. The highest BCUT2D eigenvalue weighted by Gasteiger charge is 2.31. The normalized spacial score (nSPS) is 19.4. The van der Waals surface area contributed by atoms with E-state index >= 15 is 0 Å². The number of aromatic nitrogens is 4. The monoisotopic (exact) mass is 584 g/mol. The molecule has 2 aromatic heterocycles. The lowest BCUT2D eigenvalue weighted by Gasteiger charge is -2.38. The zero-order valence-electron chi connectivity index (χ0n) is 25.9. The summed E-state index contributed by atoms with van der Waals surface area (Å²) in [6, 6.07) is 9.85. The molecular formula is C33H44N8O2. The smallest absolute Gasteiger partial charge is 0.319 e. The van der Waals surface area contributed by atoms with Crippen molar-refractivity contribution < 1.29 is 9.53 Å². The minimum absolute atomic E-state index is 0.172. The average Bonchev–Trinajstić information content (AvgIpc) is 2.98. The molecule has 0 bridgehead atoms. The molecule has 1 unspecified atom stereocenters. The van der Waals surface area contributed by atoms with Crippen molar-refractivity contribution in [2.24, 2.45) is 5.41 Å². The van der Waals surface area contributed by atoms with Gasteiger partial charge in [-0.05, 0) is 88.6 Å². The Morgan fingerprint density at radius 3 is 2.53 bits per heavy atom. The summed E-state index contributed by atoms with van der Waals surface area (Å²) >= 11 is 0. The van der Waals surface area contributed by atoms with Crippen LogP contribution in [-0.2, 0) is 17.7 Å². The number of fused-ring (bicyclic) bond motifs is 1. The Morgan fingerprint density at radius 1 is 1.07 bits per heavy atom. The number of morpholine rings is 1. The Labute approximate surface area is 254 Å². The maximum Gasteiger partial charge on any atom is 0.319 e. The molecule has 1 aromatic carbocycles. The van der Waals surface area contributed by atoms with E-state index < -0.39 is 0 Å². The predicted molar refractivity (Wildman–Crippen MR) is 170 cm³/mol. The minimum atomic E-state index is -0.172. The van der Waals surface area contributed by atoms with E-state index in [1.54, 1.807) is 0 Å². The van der Waals surface area contributed by atoms with Crippen molar-refractivity contribution in [3.8, 4) is 11.4 Å². The summed E-state index contributed by atoms with van der Waals surface area (Å²) in [6.07, 6.45) is 6.96. The van der Waals surface area contributed by atoms with Crippen molar-refractivity contribution in [2.45, 2.75) is 78.8 Å². The van der Waals surface area contributed by atoms with Crippen LogP contribution >= 0.6 is 0 Å². The Kier molecular flexibility index (Phi) is 8.47. The highest BCUT2D eigenvalue weighted by Crippen LogP contribution is 2.43. The van der Waals surface area contributed by atoms with Crippen LogP contribution in [0.2, 0.25) is 0 Å². The van der Waals surface area contributed by atoms with E-state index in [1.807, 2.05) is 44.2 Å². The van der Waals surface area contributed by atoms with Gasteiger partial charge in [0.05, 0.1) is 31.5 Å². The number of hydrogen-bond acceptors (Lipinski definition) is 8. The van der Waals surface area contributed by atoms with Gasteiger partial charge in [-0.3, -0.25) is 0 Å². The summed E-state index contributed by atoms with van der Waals surface area (Å²) in [5.74, 6) is 2.42. The Hall–Kier alpha value is -3.79. The lowest BCUT2D eigenvalue weighted by molar-refractivity contribution is 0.0984. The summed E-state index contributed by atoms with van der Waals surface area (Å²) in [7, 11) is 0. The Bertz CT molecular complexity index is 1440. The lowest BCUT2D eigenvalue weighted by Crippen LogP contribution is -2.45.